The van der Waals surface area contributed by atoms with Gasteiger partial charge in [0, 0.05) is 6.54 Å². The summed E-state index contributed by atoms with van der Waals surface area (Å²) < 4.78 is 27.1. The van der Waals surface area contributed by atoms with E-state index < -0.39 is 16.0 Å². The molecule has 0 aromatic heterocycles. The quantitative estimate of drug-likeness (QED) is 0.845. The standard InChI is InChI=1S/C14H21NO4S/c1-5-14(3,4)9-15-20(18,19)12-8-11(13(16)17)7-6-10(12)2/h6-8,15H,5,9H2,1-4H3,(H,16,17). The molecule has 0 heterocycles. The molecule has 1 aromatic rings. The van der Waals surface area contributed by atoms with E-state index in [1.165, 1.54) is 18.2 Å². The maximum absolute atomic E-state index is 12.3. The van der Waals surface area contributed by atoms with Crippen LogP contribution in [0.2, 0.25) is 0 Å². The molecular weight excluding hydrogens is 278 g/mol. The van der Waals surface area contributed by atoms with E-state index in [0.29, 0.717) is 12.1 Å². The van der Waals surface area contributed by atoms with E-state index in [1.54, 1.807) is 6.92 Å². The first-order chi connectivity index (χ1) is 9.09. The van der Waals surface area contributed by atoms with E-state index in [1.807, 2.05) is 20.8 Å². The van der Waals surface area contributed by atoms with Gasteiger partial charge >= 0.3 is 5.97 Å². The summed E-state index contributed by atoms with van der Waals surface area (Å²) in [4.78, 5) is 11.0. The third kappa shape index (κ3) is 4.05. The lowest BCUT2D eigenvalue weighted by Crippen LogP contribution is -2.34. The Bertz CT molecular complexity index is 606. The Kier molecular flexibility index (Phi) is 4.94. The average Bonchev–Trinajstić information content (AvgIpc) is 2.37. The molecule has 0 bridgehead atoms. The zero-order valence-corrected chi connectivity index (χ0v) is 13.0. The van der Waals surface area contributed by atoms with Gasteiger partial charge in [-0.3, -0.25) is 0 Å². The van der Waals surface area contributed by atoms with Crippen molar-refractivity contribution in [3.63, 3.8) is 0 Å². The van der Waals surface area contributed by atoms with Gasteiger partial charge in [-0.25, -0.2) is 17.9 Å². The minimum atomic E-state index is -3.70. The number of hydrogen-bond donors (Lipinski definition) is 2. The first-order valence-corrected chi connectivity index (χ1v) is 7.91. The van der Waals surface area contributed by atoms with Gasteiger partial charge < -0.3 is 5.11 Å². The van der Waals surface area contributed by atoms with Gasteiger partial charge in [0.1, 0.15) is 0 Å². The van der Waals surface area contributed by atoms with Gasteiger partial charge in [-0.05, 0) is 36.5 Å². The van der Waals surface area contributed by atoms with Gasteiger partial charge in [0.2, 0.25) is 10.0 Å². The second-order valence-corrected chi connectivity index (χ2v) is 7.36. The number of aryl methyl sites for hydroxylation is 1. The fraction of sp³-hybridized carbons (Fsp3) is 0.500. The van der Waals surface area contributed by atoms with E-state index in [4.69, 9.17) is 5.11 Å². The molecule has 0 amide bonds. The van der Waals surface area contributed by atoms with Gasteiger partial charge in [0.25, 0.3) is 0 Å². The summed E-state index contributed by atoms with van der Waals surface area (Å²) in [5.74, 6) is -1.14. The minimum Gasteiger partial charge on any atom is -0.478 e. The van der Waals surface area contributed by atoms with E-state index in [-0.39, 0.29) is 15.9 Å². The van der Waals surface area contributed by atoms with E-state index in [9.17, 15) is 13.2 Å². The van der Waals surface area contributed by atoms with Crippen molar-refractivity contribution in [3.05, 3.63) is 29.3 Å². The van der Waals surface area contributed by atoms with Crippen molar-refractivity contribution >= 4 is 16.0 Å². The van der Waals surface area contributed by atoms with Crippen molar-refractivity contribution in [3.8, 4) is 0 Å². The first kappa shape index (κ1) is 16.7. The fourth-order valence-electron chi connectivity index (χ4n) is 1.52. The summed E-state index contributed by atoms with van der Waals surface area (Å²) in [6, 6.07) is 4.09. The summed E-state index contributed by atoms with van der Waals surface area (Å²) >= 11 is 0. The molecule has 0 saturated carbocycles. The topological polar surface area (TPSA) is 83.5 Å². The Morgan fingerprint density at radius 1 is 1.35 bits per heavy atom. The van der Waals surface area contributed by atoms with Crippen LogP contribution in [0.1, 0.15) is 43.1 Å². The number of aromatic carboxylic acids is 1. The van der Waals surface area contributed by atoms with Crippen molar-refractivity contribution in [2.75, 3.05) is 6.54 Å². The zero-order valence-electron chi connectivity index (χ0n) is 12.2. The predicted molar refractivity (Wildman–Crippen MR) is 77.4 cm³/mol. The molecule has 0 aliphatic rings. The molecule has 20 heavy (non-hydrogen) atoms. The molecule has 0 aliphatic heterocycles. The van der Waals surface area contributed by atoms with E-state index in [2.05, 4.69) is 4.72 Å². The van der Waals surface area contributed by atoms with Gasteiger partial charge in [-0.15, -0.1) is 0 Å². The average molecular weight is 299 g/mol. The van der Waals surface area contributed by atoms with Crippen molar-refractivity contribution in [2.45, 2.75) is 39.0 Å². The van der Waals surface area contributed by atoms with Crippen LogP contribution in [-0.2, 0) is 10.0 Å². The van der Waals surface area contributed by atoms with Crippen LogP contribution < -0.4 is 4.72 Å². The molecule has 0 saturated heterocycles. The SMILES string of the molecule is CCC(C)(C)CNS(=O)(=O)c1cc(C(=O)O)ccc1C. The Labute approximate surface area is 120 Å². The number of benzene rings is 1. The van der Waals surface area contributed by atoms with E-state index >= 15 is 0 Å². The Hall–Kier alpha value is -1.40. The highest BCUT2D eigenvalue weighted by Crippen LogP contribution is 2.21. The summed E-state index contributed by atoms with van der Waals surface area (Å²) in [5, 5.41) is 8.95. The summed E-state index contributed by atoms with van der Waals surface area (Å²) in [6.45, 7) is 7.88. The van der Waals surface area contributed by atoms with Crippen molar-refractivity contribution in [1.82, 2.24) is 4.72 Å². The predicted octanol–water partition coefficient (Wildman–Crippen LogP) is 2.41. The number of carboxylic acid groups (broad SMARTS) is 1. The minimum absolute atomic E-state index is 0.0179. The van der Waals surface area contributed by atoms with Crippen LogP contribution in [0.3, 0.4) is 0 Å². The normalized spacial score (nSPS) is 12.4. The molecule has 0 aliphatic carbocycles. The maximum Gasteiger partial charge on any atom is 0.335 e. The Morgan fingerprint density at radius 3 is 2.45 bits per heavy atom. The van der Waals surface area contributed by atoms with Crippen LogP contribution in [-0.4, -0.2) is 26.0 Å². The third-order valence-electron chi connectivity index (χ3n) is 3.42. The van der Waals surface area contributed by atoms with Crippen LogP contribution in [0.4, 0.5) is 0 Å². The molecule has 0 atom stereocenters. The summed E-state index contributed by atoms with van der Waals surface area (Å²) in [7, 11) is -3.70. The molecule has 5 nitrogen and oxygen atoms in total. The number of rotatable bonds is 6. The number of nitrogens with one attached hydrogen (secondary N) is 1. The number of sulfonamides is 1. The van der Waals surface area contributed by atoms with Crippen LogP contribution in [0.25, 0.3) is 0 Å². The lowest BCUT2D eigenvalue weighted by molar-refractivity contribution is 0.0696. The summed E-state index contributed by atoms with van der Waals surface area (Å²) in [6.07, 6.45) is 0.837. The molecule has 6 heteroatoms. The molecule has 2 N–H and O–H groups in total. The van der Waals surface area contributed by atoms with Gasteiger partial charge in [0.05, 0.1) is 10.5 Å². The number of hydrogen-bond acceptors (Lipinski definition) is 3. The monoisotopic (exact) mass is 299 g/mol. The second kappa shape index (κ2) is 5.93. The van der Waals surface area contributed by atoms with Gasteiger partial charge in [-0.1, -0.05) is 26.8 Å². The first-order valence-electron chi connectivity index (χ1n) is 6.43. The van der Waals surface area contributed by atoms with Gasteiger partial charge in [-0.2, -0.15) is 0 Å². The molecule has 1 aromatic carbocycles. The molecule has 0 spiro atoms. The number of carbonyl (C=O) groups is 1. The molecule has 0 fully saturated rings. The smallest absolute Gasteiger partial charge is 0.335 e. The van der Waals surface area contributed by atoms with Gasteiger partial charge in [0.15, 0.2) is 0 Å². The van der Waals surface area contributed by atoms with Crippen LogP contribution in [0.5, 0.6) is 0 Å². The molecule has 112 valence electrons. The highest BCUT2D eigenvalue weighted by molar-refractivity contribution is 7.89. The highest BCUT2D eigenvalue weighted by atomic mass is 32.2. The van der Waals surface area contributed by atoms with Crippen LogP contribution >= 0.6 is 0 Å². The van der Waals surface area contributed by atoms with Crippen molar-refractivity contribution in [2.24, 2.45) is 5.41 Å². The molecule has 1 rings (SSSR count). The molecular formula is C14H21NO4S. The largest absolute Gasteiger partial charge is 0.478 e. The van der Waals surface area contributed by atoms with Crippen molar-refractivity contribution < 1.29 is 18.3 Å². The second-order valence-electron chi connectivity index (χ2n) is 5.63. The highest BCUT2D eigenvalue weighted by Gasteiger charge is 2.23. The molecule has 0 unspecified atom stereocenters. The zero-order chi connectivity index (χ0) is 15.6. The third-order valence-corrected chi connectivity index (χ3v) is 4.97. The molecule has 0 radical (unpaired) electrons. The number of carboxylic acids is 1. The van der Waals surface area contributed by atoms with Crippen LogP contribution in [0.15, 0.2) is 23.1 Å². The fourth-order valence-corrected chi connectivity index (χ4v) is 3.03. The van der Waals surface area contributed by atoms with Crippen LogP contribution in [0, 0.1) is 12.3 Å². The summed E-state index contributed by atoms with van der Waals surface area (Å²) in [5.41, 5.74) is 0.341. The lowest BCUT2D eigenvalue weighted by Gasteiger charge is -2.23. The lowest BCUT2D eigenvalue weighted by atomic mass is 9.91. The Morgan fingerprint density at radius 2 is 1.95 bits per heavy atom. The maximum atomic E-state index is 12.3. The van der Waals surface area contributed by atoms with E-state index in [0.717, 1.165) is 6.42 Å². The van der Waals surface area contributed by atoms with Crippen molar-refractivity contribution in [1.29, 1.82) is 0 Å². The Balaban J connectivity index is 3.09.